The monoisotopic (exact) mass is 725 g/mol. The second kappa shape index (κ2) is 15.9. The van der Waals surface area contributed by atoms with E-state index >= 15 is 0 Å². The van der Waals surface area contributed by atoms with Crippen LogP contribution in [0.2, 0.25) is 0 Å². The summed E-state index contributed by atoms with van der Waals surface area (Å²) in [5, 5.41) is 0. The van der Waals surface area contributed by atoms with Gasteiger partial charge < -0.3 is 25.2 Å². The molecule has 0 aliphatic carbocycles. The number of hydrogen-bond donors (Lipinski definition) is 1. The lowest BCUT2D eigenvalue weighted by molar-refractivity contribution is -0.172. The quantitative estimate of drug-likeness (QED) is 0.238. The molecule has 0 bridgehead atoms. The molecule has 5 rings (SSSR count). The zero-order chi connectivity index (χ0) is 36.9. The molecular formula is C35H41F6N5O5. The number of rotatable bonds is 12. The van der Waals surface area contributed by atoms with Gasteiger partial charge in [-0.15, -0.1) is 0 Å². The van der Waals surface area contributed by atoms with Gasteiger partial charge in [-0.25, -0.2) is 4.79 Å². The fourth-order valence-electron chi connectivity index (χ4n) is 7.11. The normalized spacial score (nSPS) is 21.4. The Hall–Kier alpha value is -4.34. The molecule has 0 spiro atoms. The summed E-state index contributed by atoms with van der Waals surface area (Å²) in [7, 11) is 0. The van der Waals surface area contributed by atoms with E-state index < -0.39 is 60.0 Å². The second-order valence-corrected chi connectivity index (χ2v) is 13.1. The van der Waals surface area contributed by atoms with Crippen molar-refractivity contribution in [2.75, 3.05) is 32.7 Å². The van der Waals surface area contributed by atoms with Gasteiger partial charge in [-0.3, -0.25) is 19.3 Å². The molecule has 51 heavy (non-hydrogen) atoms. The first-order valence-electron chi connectivity index (χ1n) is 17.0. The van der Waals surface area contributed by atoms with E-state index in [2.05, 4.69) is 0 Å². The number of unbranched alkanes of at least 4 members (excludes halogenated alkanes) is 1. The largest absolute Gasteiger partial charge is 0.444 e. The number of carbonyl (C=O) groups excluding carboxylic acids is 4. The number of nitrogens with two attached hydrogens (primary N) is 1. The summed E-state index contributed by atoms with van der Waals surface area (Å²) in [4.78, 5) is 59.9. The maximum absolute atomic E-state index is 14.0. The number of hydrogen-bond acceptors (Lipinski definition) is 6. The Balaban J connectivity index is 1.45. The summed E-state index contributed by atoms with van der Waals surface area (Å²) in [6, 6.07) is 8.19. The van der Waals surface area contributed by atoms with Crippen molar-refractivity contribution < 1.29 is 50.3 Å². The summed E-state index contributed by atoms with van der Waals surface area (Å²) < 4.78 is 86.7. The molecule has 3 heterocycles. The molecule has 2 unspecified atom stereocenters. The summed E-state index contributed by atoms with van der Waals surface area (Å²) in [6.45, 7) is 0.617. The lowest BCUT2D eigenvalue weighted by atomic mass is 9.93. The molecule has 2 aromatic rings. The minimum Gasteiger partial charge on any atom is -0.444 e. The number of likely N-dealkylation sites (tertiary alicyclic amines) is 1. The minimum atomic E-state index is -5.09. The maximum Gasteiger partial charge on any atom is 0.416 e. The molecule has 2 N–H and O–H groups in total. The molecule has 4 amide bonds. The number of halogens is 6. The molecule has 16 heteroatoms. The van der Waals surface area contributed by atoms with E-state index in [1.165, 1.54) is 9.80 Å². The van der Waals surface area contributed by atoms with Gasteiger partial charge >= 0.3 is 18.4 Å². The predicted octanol–water partition coefficient (Wildman–Crippen LogP) is 5.18. The number of benzene rings is 2. The van der Waals surface area contributed by atoms with E-state index in [-0.39, 0.29) is 56.1 Å². The van der Waals surface area contributed by atoms with Gasteiger partial charge in [0.25, 0.3) is 0 Å². The number of alkyl halides is 6. The highest BCUT2D eigenvalue weighted by Gasteiger charge is 2.52. The Kier molecular flexibility index (Phi) is 11.8. The van der Waals surface area contributed by atoms with E-state index in [1.807, 2.05) is 0 Å². The molecule has 0 radical (unpaired) electrons. The van der Waals surface area contributed by atoms with Gasteiger partial charge in [-0.1, -0.05) is 30.3 Å². The molecular weight excluding hydrogens is 684 g/mol. The number of fused-ring (bicyclic) bond motifs is 1. The van der Waals surface area contributed by atoms with Gasteiger partial charge in [0.1, 0.15) is 18.8 Å². The standard InChI is InChI=1S/C35H41F6N5O5/c36-34(37,38)25-16-24(17-26(19-25)35(39,40)41)22-51-33(50)45-27(18-23-8-2-1-3-9-23)20-31(48)46-28(10-4-5-12-42)32(49)44(21-29(45)46)15-7-14-43-13-6-11-30(43)47/h1-3,8-9,16-17,19,27-29H,4-7,10-15,18,20-22,42H2/t27?,28-,29?/m0/s1. The van der Waals surface area contributed by atoms with Crippen molar-refractivity contribution in [1.29, 1.82) is 0 Å². The first-order valence-corrected chi connectivity index (χ1v) is 17.0. The highest BCUT2D eigenvalue weighted by molar-refractivity contribution is 5.91. The highest BCUT2D eigenvalue weighted by atomic mass is 19.4. The van der Waals surface area contributed by atoms with Crippen LogP contribution in [0.1, 0.15) is 67.2 Å². The van der Waals surface area contributed by atoms with E-state index in [9.17, 15) is 45.5 Å². The van der Waals surface area contributed by atoms with Gasteiger partial charge in [0.15, 0.2) is 0 Å². The zero-order valence-electron chi connectivity index (χ0n) is 27.9. The Bertz CT molecular complexity index is 1540. The Morgan fingerprint density at radius 1 is 0.843 bits per heavy atom. The van der Waals surface area contributed by atoms with Crippen LogP contribution in [-0.2, 0) is 44.5 Å². The predicted molar refractivity (Wildman–Crippen MR) is 171 cm³/mol. The summed E-state index contributed by atoms with van der Waals surface area (Å²) in [6.07, 6.45) is -9.27. The third-order valence-corrected chi connectivity index (χ3v) is 9.54. The summed E-state index contributed by atoms with van der Waals surface area (Å²) >= 11 is 0. The van der Waals surface area contributed by atoms with Crippen LogP contribution in [-0.4, -0.2) is 94.4 Å². The van der Waals surface area contributed by atoms with Gasteiger partial charge in [0.2, 0.25) is 17.7 Å². The highest BCUT2D eigenvalue weighted by Crippen LogP contribution is 2.37. The van der Waals surface area contributed by atoms with Crippen molar-refractivity contribution in [3.63, 3.8) is 0 Å². The number of piperazine rings is 1. The Labute approximate surface area is 291 Å². The molecule has 3 aliphatic rings. The lowest BCUT2D eigenvalue weighted by Crippen LogP contribution is -2.73. The molecule has 278 valence electrons. The molecule has 3 saturated heterocycles. The molecule has 3 atom stereocenters. The third-order valence-electron chi connectivity index (χ3n) is 9.54. The van der Waals surface area contributed by atoms with Crippen LogP contribution in [0, 0.1) is 0 Å². The van der Waals surface area contributed by atoms with Crippen molar-refractivity contribution in [3.8, 4) is 0 Å². The number of ether oxygens (including phenoxy) is 1. The lowest BCUT2D eigenvalue weighted by Gasteiger charge is -2.54. The van der Waals surface area contributed by atoms with E-state index in [1.54, 1.807) is 40.1 Å². The van der Waals surface area contributed by atoms with E-state index in [0.717, 1.165) is 12.0 Å². The average Bonchev–Trinajstić information content (AvgIpc) is 3.48. The maximum atomic E-state index is 14.0. The van der Waals surface area contributed by atoms with E-state index in [4.69, 9.17) is 10.5 Å². The summed E-state index contributed by atoms with van der Waals surface area (Å²) in [5.74, 6) is -0.654. The Morgan fingerprint density at radius 2 is 1.51 bits per heavy atom. The molecule has 10 nitrogen and oxygen atoms in total. The van der Waals surface area contributed by atoms with Crippen molar-refractivity contribution in [2.45, 2.75) is 88.6 Å². The smallest absolute Gasteiger partial charge is 0.416 e. The van der Waals surface area contributed by atoms with Crippen LogP contribution in [0.3, 0.4) is 0 Å². The van der Waals surface area contributed by atoms with Crippen LogP contribution in [0.25, 0.3) is 0 Å². The first kappa shape index (κ1) is 37.9. The Morgan fingerprint density at radius 3 is 2.12 bits per heavy atom. The van der Waals surface area contributed by atoms with Crippen molar-refractivity contribution in [3.05, 3.63) is 70.8 Å². The SMILES string of the molecule is NCCCC[C@H]1C(=O)N(CCCN2CCCC2=O)CC2N(C(=O)OCc3cc(C(F)(F)F)cc(C(F)(F)F)c3)C(Cc3ccccc3)CC(=O)N21. The van der Waals surface area contributed by atoms with E-state index in [0.29, 0.717) is 57.5 Å². The number of carbonyl (C=O) groups is 4. The van der Waals surface area contributed by atoms with Crippen molar-refractivity contribution >= 4 is 23.8 Å². The molecule has 3 aliphatic heterocycles. The number of nitrogens with zero attached hydrogens (tertiary/aromatic N) is 4. The first-order chi connectivity index (χ1) is 24.2. The van der Waals surface area contributed by atoms with Crippen LogP contribution in [0.15, 0.2) is 48.5 Å². The van der Waals surface area contributed by atoms with Crippen LogP contribution in [0.5, 0.6) is 0 Å². The average molecular weight is 726 g/mol. The zero-order valence-corrected chi connectivity index (χ0v) is 27.9. The van der Waals surface area contributed by atoms with Gasteiger partial charge in [-0.05, 0) is 74.4 Å². The summed E-state index contributed by atoms with van der Waals surface area (Å²) in [5.41, 5.74) is 2.86. The van der Waals surface area contributed by atoms with Gasteiger partial charge in [0, 0.05) is 38.5 Å². The van der Waals surface area contributed by atoms with Crippen LogP contribution in [0.4, 0.5) is 31.1 Å². The molecule has 3 fully saturated rings. The molecule has 0 aromatic heterocycles. The van der Waals surface area contributed by atoms with Crippen molar-refractivity contribution in [1.82, 2.24) is 19.6 Å². The van der Waals surface area contributed by atoms with Crippen LogP contribution >= 0.6 is 0 Å². The van der Waals surface area contributed by atoms with Gasteiger partial charge in [0.05, 0.1) is 17.7 Å². The van der Waals surface area contributed by atoms with Crippen LogP contribution < -0.4 is 5.73 Å². The molecule has 0 saturated carbocycles. The van der Waals surface area contributed by atoms with Gasteiger partial charge in [-0.2, -0.15) is 26.3 Å². The molecule has 2 aromatic carbocycles. The van der Waals surface area contributed by atoms with Crippen molar-refractivity contribution in [2.24, 2.45) is 5.73 Å². The topological polar surface area (TPSA) is 116 Å². The minimum absolute atomic E-state index is 0.00655. The second-order valence-electron chi connectivity index (χ2n) is 13.1. The third kappa shape index (κ3) is 9.13. The fourth-order valence-corrected chi connectivity index (χ4v) is 7.11. The number of amides is 4. The fraction of sp³-hybridized carbons (Fsp3) is 0.543.